The molecule has 0 heterocycles. The highest BCUT2D eigenvalue weighted by Gasteiger charge is 2.16. The zero-order valence-corrected chi connectivity index (χ0v) is 14.8. The van der Waals surface area contributed by atoms with Crippen LogP contribution in [0.15, 0.2) is 48.5 Å². The van der Waals surface area contributed by atoms with Crippen LogP contribution in [-0.2, 0) is 11.3 Å². The second-order valence-electron chi connectivity index (χ2n) is 5.16. The van der Waals surface area contributed by atoms with Crippen molar-refractivity contribution >= 4 is 35.0 Å². The van der Waals surface area contributed by atoms with E-state index in [0.717, 1.165) is 5.56 Å². The van der Waals surface area contributed by atoms with Crippen molar-refractivity contribution in [3.05, 3.63) is 69.7 Å². The average Bonchev–Trinajstić information content (AvgIpc) is 2.59. The summed E-state index contributed by atoms with van der Waals surface area (Å²) in [5.74, 6) is -0.555. The van der Waals surface area contributed by atoms with E-state index >= 15 is 0 Å². The van der Waals surface area contributed by atoms with Crippen molar-refractivity contribution in [2.45, 2.75) is 13.5 Å². The van der Waals surface area contributed by atoms with Gasteiger partial charge in [-0.15, -0.1) is 0 Å². The van der Waals surface area contributed by atoms with E-state index in [4.69, 9.17) is 23.2 Å². The minimum atomic E-state index is -0.372. The number of benzene rings is 2. The molecule has 6 heteroatoms. The SMILES string of the molecule is CCN(Cc1ccccc1Cl)C(=O)CNC(=O)c1ccccc1Cl. The maximum Gasteiger partial charge on any atom is 0.253 e. The van der Waals surface area contributed by atoms with Crippen LogP contribution in [0.4, 0.5) is 0 Å². The van der Waals surface area contributed by atoms with E-state index in [2.05, 4.69) is 5.32 Å². The number of carbonyl (C=O) groups is 2. The summed E-state index contributed by atoms with van der Waals surface area (Å²) in [6.45, 7) is 2.70. The summed E-state index contributed by atoms with van der Waals surface area (Å²) in [5, 5.41) is 3.57. The molecule has 0 saturated carbocycles. The first-order chi connectivity index (χ1) is 11.5. The lowest BCUT2D eigenvalue weighted by molar-refractivity contribution is -0.130. The summed E-state index contributed by atoms with van der Waals surface area (Å²) >= 11 is 12.1. The smallest absolute Gasteiger partial charge is 0.253 e. The van der Waals surface area contributed by atoms with Gasteiger partial charge in [0.15, 0.2) is 0 Å². The summed E-state index contributed by atoms with van der Waals surface area (Å²) in [6.07, 6.45) is 0. The number of nitrogens with one attached hydrogen (secondary N) is 1. The second-order valence-corrected chi connectivity index (χ2v) is 5.98. The van der Waals surface area contributed by atoms with Crippen molar-refractivity contribution in [3.63, 3.8) is 0 Å². The monoisotopic (exact) mass is 364 g/mol. The van der Waals surface area contributed by atoms with Gasteiger partial charge in [-0.05, 0) is 30.7 Å². The quantitative estimate of drug-likeness (QED) is 0.847. The largest absolute Gasteiger partial charge is 0.343 e. The molecule has 2 aromatic carbocycles. The molecule has 0 atom stereocenters. The van der Waals surface area contributed by atoms with Crippen LogP contribution in [0.5, 0.6) is 0 Å². The molecule has 0 saturated heterocycles. The lowest BCUT2D eigenvalue weighted by Crippen LogP contribution is -2.39. The Balaban J connectivity index is 1.96. The van der Waals surface area contributed by atoms with Gasteiger partial charge in [0.2, 0.25) is 5.91 Å². The van der Waals surface area contributed by atoms with Gasteiger partial charge < -0.3 is 10.2 Å². The van der Waals surface area contributed by atoms with Gasteiger partial charge in [-0.3, -0.25) is 9.59 Å². The van der Waals surface area contributed by atoms with Crippen LogP contribution in [0.3, 0.4) is 0 Å². The number of rotatable bonds is 6. The van der Waals surface area contributed by atoms with Gasteiger partial charge >= 0.3 is 0 Å². The minimum Gasteiger partial charge on any atom is -0.343 e. The molecule has 2 amide bonds. The Morgan fingerprint density at radius 1 is 1.00 bits per heavy atom. The summed E-state index contributed by atoms with van der Waals surface area (Å²) in [6, 6.07) is 14.1. The fourth-order valence-electron chi connectivity index (χ4n) is 2.22. The van der Waals surface area contributed by atoms with Crippen molar-refractivity contribution in [1.29, 1.82) is 0 Å². The fourth-order valence-corrected chi connectivity index (χ4v) is 2.63. The van der Waals surface area contributed by atoms with Gasteiger partial charge in [0.05, 0.1) is 17.1 Å². The van der Waals surface area contributed by atoms with Crippen molar-refractivity contribution in [2.24, 2.45) is 0 Å². The van der Waals surface area contributed by atoms with Crippen molar-refractivity contribution in [1.82, 2.24) is 10.2 Å². The highest BCUT2D eigenvalue weighted by atomic mass is 35.5. The zero-order valence-electron chi connectivity index (χ0n) is 13.3. The van der Waals surface area contributed by atoms with Crippen LogP contribution < -0.4 is 5.32 Å². The van der Waals surface area contributed by atoms with Gasteiger partial charge in [-0.25, -0.2) is 0 Å². The third kappa shape index (κ3) is 4.73. The molecule has 0 aliphatic carbocycles. The summed E-state index contributed by atoms with van der Waals surface area (Å²) in [5.41, 5.74) is 1.22. The molecule has 4 nitrogen and oxygen atoms in total. The van der Waals surface area contributed by atoms with Crippen LogP contribution >= 0.6 is 23.2 Å². The molecule has 0 bridgehead atoms. The third-order valence-corrected chi connectivity index (χ3v) is 4.27. The van der Waals surface area contributed by atoms with E-state index < -0.39 is 0 Å². The Bertz CT molecular complexity index is 734. The maximum absolute atomic E-state index is 12.3. The van der Waals surface area contributed by atoms with E-state index in [1.54, 1.807) is 35.2 Å². The highest BCUT2D eigenvalue weighted by molar-refractivity contribution is 6.33. The topological polar surface area (TPSA) is 49.4 Å². The Morgan fingerprint density at radius 2 is 1.62 bits per heavy atom. The van der Waals surface area contributed by atoms with E-state index in [9.17, 15) is 9.59 Å². The number of halogens is 2. The molecule has 0 radical (unpaired) electrons. The molecule has 126 valence electrons. The Kier molecular flexibility index (Phi) is 6.64. The van der Waals surface area contributed by atoms with Crippen LogP contribution in [0.25, 0.3) is 0 Å². The first kappa shape index (κ1) is 18.3. The molecule has 0 spiro atoms. The van der Waals surface area contributed by atoms with Gasteiger partial charge in [0, 0.05) is 18.1 Å². The predicted octanol–water partition coefficient (Wildman–Crippen LogP) is 3.77. The Morgan fingerprint density at radius 3 is 2.25 bits per heavy atom. The second kappa shape index (κ2) is 8.71. The van der Waals surface area contributed by atoms with Gasteiger partial charge in [0.25, 0.3) is 5.91 Å². The Hall–Kier alpha value is -2.04. The molecular weight excluding hydrogens is 347 g/mol. The molecule has 0 aliphatic rings. The standard InChI is InChI=1S/C18H18Cl2N2O2/c1-2-22(12-13-7-3-5-9-15(13)19)17(23)11-21-18(24)14-8-4-6-10-16(14)20/h3-10H,2,11-12H2,1H3,(H,21,24). The first-order valence-electron chi connectivity index (χ1n) is 7.56. The van der Waals surface area contributed by atoms with Crippen LogP contribution in [0.2, 0.25) is 10.0 Å². The molecule has 2 aromatic rings. The molecular formula is C18H18Cl2N2O2. The number of hydrogen-bond donors (Lipinski definition) is 1. The zero-order chi connectivity index (χ0) is 17.5. The van der Waals surface area contributed by atoms with Crippen molar-refractivity contribution in [3.8, 4) is 0 Å². The van der Waals surface area contributed by atoms with Crippen LogP contribution in [0.1, 0.15) is 22.8 Å². The third-order valence-electron chi connectivity index (χ3n) is 3.57. The van der Waals surface area contributed by atoms with Gasteiger partial charge in [-0.2, -0.15) is 0 Å². The van der Waals surface area contributed by atoms with Crippen molar-refractivity contribution in [2.75, 3.05) is 13.1 Å². The average molecular weight is 365 g/mol. The predicted molar refractivity (Wildman–Crippen MR) is 96.3 cm³/mol. The van der Waals surface area contributed by atoms with Gasteiger partial charge in [0.1, 0.15) is 0 Å². The lowest BCUT2D eigenvalue weighted by atomic mass is 10.2. The number of amides is 2. The lowest BCUT2D eigenvalue weighted by Gasteiger charge is -2.22. The van der Waals surface area contributed by atoms with E-state index in [0.29, 0.717) is 28.7 Å². The minimum absolute atomic E-state index is 0.0949. The van der Waals surface area contributed by atoms with Crippen molar-refractivity contribution < 1.29 is 9.59 Å². The number of nitrogens with zero attached hydrogens (tertiary/aromatic N) is 1. The summed E-state index contributed by atoms with van der Waals surface area (Å²) in [7, 11) is 0. The van der Waals surface area contributed by atoms with Crippen LogP contribution in [0, 0.1) is 0 Å². The molecule has 2 rings (SSSR count). The number of hydrogen-bond acceptors (Lipinski definition) is 2. The molecule has 0 unspecified atom stereocenters. The normalized spacial score (nSPS) is 10.3. The Labute approximate surface area is 151 Å². The maximum atomic E-state index is 12.3. The van der Waals surface area contributed by atoms with E-state index in [1.165, 1.54) is 0 Å². The number of likely N-dealkylation sites (N-methyl/N-ethyl adjacent to an activating group) is 1. The summed E-state index contributed by atoms with van der Waals surface area (Å²) < 4.78 is 0. The highest BCUT2D eigenvalue weighted by Crippen LogP contribution is 2.17. The van der Waals surface area contributed by atoms with E-state index in [1.807, 2.05) is 25.1 Å². The molecule has 0 aliphatic heterocycles. The molecule has 0 aromatic heterocycles. The molecule has 24 heavy (non-hydrogen) atoms. The van der Waals surface area contributed by atoms with Gasteiger partial charge in [-0.1, -0.05) is 53.5 Å². The molecule has 0 fully saturated rings. The fraction of sp³-hybridized carbons (Fsp3) is 0.222. The van der Waals surface area contributed by atoms with Crippen LogP contribution in [-0.4, -0.2) is 29.8 Å². The molecule has 1 N–H and O–H groups in total. The van der Waals surface area contributed by atoms with E-state index in [-0.39, 0.29) is 18.4 Å². The first-order valence-corrected chi connectivity index (χ1v) is 8.32. The number of carbonyl (C=O) groups excluding carboxylic acids is 2. The summed E-state index contributed by atoms with van der Waals surface area (Å²) in [4.78, 5) is 26.1.